The molecule has 0 saturated heterocycles. The second-order valence-corrected chi connectivity index (χ2v) is 12.6. The molecular weight excluding hydrogens is 484 g/mol. The maximum atomic E-state index is 12.5. The molecule has 1 heterocycles. The fraction of sp³-hybridized carbons (Fsp3) is 0.379. The molecule has 1 atom stereocenters. The van der Waals surface area contributed by atoms with Crippen LogP contribution in [0.4, 0.5) is 0 Å². The Kier molecular flexibility index (Phi) is 9.25. The molecule has 0 aliphatic rings. The van der Waals surface area contributed by atoms with Gasteiger partial charge in [-0.05, 0) is 77.8 Å². The lowest BCUT2D eigenvalue weighted by molar-refractivity contribution is 0.0963. The molecule has 192 valence electrons. The Balaban J connectivity index is 1.80. The molecule has 3 aromatic rings. The van der Waals surface area contributed by atoms with Gasteiger partial charge in [-0.2, -0.15) is 5.10 Å². The van der Waals surface area contributed by atoms with E-state index in [2.05, 4.69) is 94.4 Å². The number of carbonyl (C=O) groups excluding carboxylic acids is 1. The molecule has 0 bridgehead atoms. The predicted molar refractivity (Wildman–Crippen MR) is 156 cm³/mol. The Morgan fingerprint density at radius 1 is 1.08 bits per heavy atom. The zero-order valence-electron chi connectivity index (χ0n) is 22.1. The van der Waals surface area contributed by atoms with E-state index in [1.165, 1.54) is 48.9 Å². The van der Waals surface area contributed by atoms with E-state index in [-0.39, 0.29) is 29.0 Å². The van der Waals surface area contributed by atoms with Crippen molar-refractivity contribution in [3.63, 3.8) is 0 Å². The number of thioether (sulfide) groups is 1. The minimum atomic E-state index is -0.161. The Labute approximate surface area is 223 Å². The zero-order chi connectivity index (χ0) is 26.5. The molecule has 1 aromatic heterocycles. The van der Waals surface area contributed by atoms with Gasteiger partial charge in [0.25, 0.3) is 5.91 Å². The van der Waals surface area contributed by atoms with E-state index in [0.717, 1.165) is 12.8 Å². The third kappa shape index (κ3) is 6.92. The number of hydrazone groups is 1. The van der Waals surface area contributed by atoms with Crippen molar-refractivity contribution in [3.8, 4) is 11.1 Å². The zero-order valence-corrected chi connectivity index (χ0v) is 23.8. The van der Waals surface area contributed by atoms with Crippen LogP contribution in [0.2, 0.25) is 0 Å². The summed E-state index contributed by atoms with van der Waals surface area (Å²) in [4.78, 5) is 15.6. The third-order valence-electron chi connectivity index (χ3n) is 6.14. The predicted octanol–water partition coefficient (Wildman–Crippen LogP) is 6.92. The minimum absolute atomic E-state index is 0.138. The summed E-state index contributed by atoms with van der Waals surface area (Å²) < 4.78 is 0. The first kappa shape index (κ1) is 27.8. The van der Waals surface area contributed by atoms with E-state index in [9.17, 15) is 4.79 Å². The van der Waals surface area contributed by atoms with E-state index in [1.807, 2.05) is 17.8 Å². The van der Waals surface area contributed by atoms with Crippen LogP contribution in [0.15, 0.2) is 58.5 Å². The van der Waals surface area contributed by atoms with Crippen LogP contribution in [0.1, 0.15) is 77.0 Å². The number of amides is 1. The second kappa shape index (κ2) is 12.0. The number of benzene rings is 2. The normalized spacial score (nSPS) is 13.0. The van der Waals surface area contributed by atoms with Gasteiger partial charge in [-0.25, -0.2) is 0 Å². The second-order valence-electron chi connectivity index (χ2n) is 10.2. The number of rotatable bonds is 9. The summed E-state index contributed by atoms with van der Waals surface area (Å²) in [5.74, 6) is 5.18. The molecule has 0 aliphatic heterocycles. The molecule has 2 aromatic carbocycles. The number of thiophene rings is 1. The van der Waals surface area contributed by atoms with Crippen LogP contribution in [0.25, 0.3) is 11.1 Å². The smallest absolute Gasteiger partial charge is 0.261 e. The van der Waals surface area contributed by atoms with Crippen molar-refractivity contribution in [2.24, 2.45) is 16.7 Å². The first-order valence-electron chi connectivity index (χ1n) is 12.3. The summed E-state index contributed by atoms with van der Waals surface area (Å²) in [6.45, 7) is 13.5. The summed E-state index contributed by atoms with van der Waals surface area (Å²) in [6.07, 6.45) is 2.10. The van der Waals surface area contributed by atoms with E-state index >= 15 is 0 Å². The quantitative estimate of drug-likeness (QED) is 0.0934. The molecule has 0 radical (unpaired) electrons. The SMILES string of the molecule is CCCC(Sc1cc(C)c(-c2ccc(C(C)(C)C)cc2)c(C)c1)c1ccc(C(=O)NC/C(N)=N/N)s1. The lowest BCUT2D eigenvalue weighted by Gasteiger charge is -2.20. The highest BCUT2D eigenvalue weighted by Gasteiger charge is 2.19. The van der Waals surface area contributed by atoms with Crippen molar-refractivity contribution < 1.29 is 4.79 Å². The van der Waals surface area contributed by atoms with Gasteiger partial charge in [0.15, 0.2) is 0 Å². The first-order valence-corrected chi connectivity index (χ1v) is 14.0. The summed E-state index contributed by atoms with van der Waals surface area (Å²) in [6, 6.07) is 17.5. The summed E-state index contributed by atoms with van der Waals surface area (Å²) in [5.41, 5.74) is 12.2. The Morgan fingerprint density at radius 3 is 2.28 bits per heavy atom. The first-order chi connectivity index (χ1) is 17.0. The van der Waals surface area contributed by atoms with Crippen LogP contribution in [-0.4, -0.2) is 18.3 Å². The molecule has 5 N–H and O–H groups in total. The minimum Gasteiger partial charge on any atom is -0.384 e. The summed E-state index contributed by atoms with van der Waals surface area (Å²) in [5, 5.41) is 6.44. The highest BCUT2D eigenvalue weighted by atomic mass is 32.2. The van der Waals surface area contributed by atoms with E-state index in [4.69, 9.17) is 11.6 Å². The van der Waals surface area contributed by atoms with Crippen LogP contribution < -0.4 is 16.9 Å². The average Bonchev–Trinajstić information content (AvgIpc) is 3.32. The van der Waals surface area contributed by atoms with Crippen LogP contribution in [-0.2, 0) is 5.41 Å². The Bertz CT molecular complexity index is 1200. The molecule has 3 rings (SSSR count). The van der Waals surface area contributed by atoms with Crippen molar-refractivity contribution in [1.82, 2.24) is 5.32 Å². The van der Waals surface area contributed by atoms with Crippen LogP contribution in [0, 0.1) is 13.8 Å². The van der Waals surface area contributed by atoms with E-state index in [1.54, 1.807) is 0 Å². The van der Waals surface area contributed by atoms with Gasteiger partial charge in [0.2, 0.25) is 0 Å². The van der Waals surface area contributed by atoms with Crippen LogP contribution in [0.3, 0.4) is 0 Å². The van der Waals surface area contributed by atoms with Crippen molar-refractivity contribution in [1.29, 1.82) is 0 Å². The maximum absolute atomic E-state index is 12.5. The van der Waals surface area contributed by atoms with Gasteiger partial charge in [-0.1, -0.05) is 58.4 Å². The van der Waals surface area contributed by atoms with Crippen molar-refractivity contribution in [2.75, 3.05) is 6.54 Å². The van der Waals surface area contributed by atoms with Gasteiger partial charge < -0.3 is 16.9 Å². The number of hydrogen-bond donors (Lipinski definition) is 3. The largest absolute Gasteiger partial charge is 0.384 e. The van der Waals surface area contributed by atoms with Crippen molar-refractivity contribution >= 4 is 34.8 Å². The molecule has 1 amide bonds. The molecule has 0 spiro atoms. The molecule has 0 saturated carbocycles. The Hall–Kier alpha value is -2.77. The van der Waals surface area contributed by atoms with Crippen molar-refractivity contribution in [2.45, 2.75) is 69.9 Å². The molecule has 36 heavy (non-hydrogen) atoms. The monoisotopic (exact) mass is 522 g/mol. The number of hydrogen-bond acceptors (Lipinski definition) is 5. The average molecular weight is 523 g/mol. The summed E-state index contributed by atoms with van der Waals surface area (Å²) >= 11 is 3.41. The third-order valence-corrected chi connectivity index (χ3v) is 8.77. The fourth-order valence-electron chi connectivity index (χ4n) is 4.22. The highest BCUT2D eigenvalue weighted by molar-refractivity contribution is 7.99. The van der Waals surface area contributed by atoms with E-state index in [0.29, 0.717) is 4.88 Å². The van der Waals surface area contributed by atoms with Crippen molar-refractivity contribution in [3.05, 3.63) is 75.0 Å². The number of carbonyl (C=O) groups is 1. The fourth-order valence-corrected chi connectivity index (χ4v) is 6.82. The lowest BCUT2D eigenvalue weighted by atomic mass is 9.85. The van der Waals surface area contributed by atoms with Gasteiger partial charge in [0, 0.05) is 15.0 Å². The van der Waals surface area contributed by atoms with Gasteiger partial charge in [0.1, 0.15) is 5.84 Å². The molecule has 0 fully saturated rings. The lowest BCUT2D eigenvalue weighted by Crippen LogP contribution is -2.33. The topological polar surface area (TPSA) is 93.5 Å². The standard InChI is InChI=1S/C29H38N4OS2/c1-7-8-23(24-13-14-25(36-24)28(34)32-17-26(30)33-31)35-22-15-18(2)27(19(3)16-22)20-9-11-21(12-10-20)29(4,5)6/h9-16,23H,7-8,17,31H2,1-6H3,(H2,30,33)(H,32,34). The number of amidine groups is 1. The van der Waals surface area contributed by atoms with Crippen LogP contribution in [0.5, 0.6) is 0 Å². The molecule has 1 unspecified atom stereocenters. The van der Waals surface area contributed by atoms with Gasteiger partial charge in [-0.15, -0.1) is 23.1 Å². The number of aryl methyl sites for hydroxylation is 2. The Morgan fingerprint density at radius 2 is 1.72 bits per heavy atom. The summed E-state index contributed by atoms with van der Waals surface area (Å²) in [7, 11) is 0. The number of nitrogens with one attached hydrogen (secondary N) is 1. The number of nitrogens with two attached hydrogens (primary N) is 2. The maximum Gasteiger partial charge on any atom is 0.261 e. The van der Waals surface area contributed by atoms with Crippen LogP contribution >= 0.6 is 23.1 Å². The molecule has 0 aliphatic carbocycles. The van der Waals surface area contributed by atoms with Gasteiger partial charge >= 0.3 is 0 Å². The highest BCUT2D eigenvalue weighted by Crippen LogP contribution is 2.43. The molecular formula is C29H38N4OS2. The van der Waals surface area contributed by atoms with Gasteiger partial charge in [0.05, 0.1) is 11.4 Å². The molecule has 5 nitrogen and oxygen atoms in total. The van der Waals surface area contributed by atoms with E-state index < -0.39 is 0 Å². The molecule has 7 heteroatoms. The number of nitrogens with zero attached hydrogens (tertiary/aromatic N) is 1. The van der Waals surface area contributed by atoms with Gasteiger partial charge in [-0.3, -0.25) is 4.79 Å².